The standard InChI is InChI=1S/C36H45N5O3S/c1-25-24-39(15-16-40(25)34(43)36-21-26-18-27(22-36)20-28(19-26)23-36)32(42)10-6-7-17-45-35-38-37-33(29-8-4-3-5-9-29)41(35)30-11-13-31(44-2)14-12-30/h3-5,8-9,11-14,25-28H,6-7,10,15-24H2,1-2H3. The summed E-state index contributed by atoms with van der Waals surface area (Å²) in [5.41, 5.74) is 1.88. The van der Waals surface area contributed by atoms with Gasteiger partial charge in [0.25, 0.3) is 0 Å². The number of nitrogens with zero attached hydrogens (tertiary/aromatic N) is 5. The first kappa shape index (κ1) is 30.3. The Bertz CT molecular complexity index is 1470. The van der Waals surface area contributed by atoms with Crippen LogP contribution in [0.1, 0.15) is 64.7 Å². The van der Waals surface area contributed by atoms with Gasteiger partial charge in [-0.2, -0.15) is 0 Å². The highest BCUT2D eigenvalue weighted by atomic mass is 32.2. The van der Waals surface area contributed by atoms with Crippen LogP contribution in [0.15, 0.2) is 59.8 Å². The third-order valence-electron chi connectivity index (χ3n) is 10.7. The van der Waals surface area contributed by atoms with Gasteiger partial charge in [-0.15, -0.1) is 10.2 Å². The molecule has 9 heteroatoms. The van der Waals surface area contributed by atoms with Crippen LogP contribution in [0.25, 0.3) is 17.1 Å². The van der Waals surface area contributed by atoms with Gasteiger partial charge in [-0.3, -0.25) is 14.2 Å². The zero-order valence-corrected chi connectivity index (χ0v) is 27.4. The summed E-state index contributed by atoms with van der Waals surface area (Å²) in [6.45, 7) is 4.12. The third-order valence-corrected chi connectivity index (χ3v) is 11.8. The van der Waals surface area contributed by atoms with Crippen molar-refractivity contribution in [3.8, 4) is 22.8 Å². The summed E-state index contributed by atoms with van der Waals surface area (Å²) in [6.07, 6.45) is 9.63. The maximum Gasteiger partial charge on any atom is 0.229 e. The Labute approximate surface area is 270 Å². The number of benzene rings is 2. The molecule has 238 valence electrons. The number of methoxy groups -OCH3 is 1. The predicted octanol–water partition coefficient (Wildman–Crippen LogP) is 6.48. The van der Waals surface area contributed by atoms with Crippen LogP contribution >= 0.6 is 11.8 Å². The molecule has 5 aliphatic rings. The normalized spacial score (nSPS) is 27.2. The number of ether oxygens (including phenoxy) is 1. The van der Waals surface area contributed by atoms with Gasteiger partial charge < -0.3 is 14.5 Å². The van der Waals surface area contributed by atoms with Crippen LogP contribution in [0.3, 0.4) is 0 Å². The molecular weight excluding hydrogens is 582 g/mol. The maximum absolute atomic E-state index is 13.9. The van der Waals surface area contributed by atoms with Gasteiger partial charge in [0.1, 0.15) is 5.75 Å². The minimum atomic E-state index is -0.105. The van der Waals surface area contributed by atoms with E-state index in [0.717, 1.165) is 83.6 Å². The number of unbranched alkanes of at least 4 members (excludes halogenated alkanes) is 1. The second kappa shape index (κ2) is 12.8. The molecule has 3 aromatic rings. The Kier molecular flexibility index (Phi) is 8.64. The number of aromatic nitrogens is 3. The first-order chi connectivity index (χ1) is 21.9. The van der Waals surface area contributed by atoms with Gasteiger partial charge in [-0.25, -0.2) is 0 Å². The molecule has 1 atom stereocenters. The molecule has 1 aliphatic heterocycles. The Balaban J connectivity index is 0.910. The average molecular weight is 628 g/mol. The van der Waals surface area contributed by atoms with Crippen molar-refractivity contribution in [3.05, 3.63) is 54.6 Å². The van der Waals surface area contributed by atoms with Gasteiger partial charge >= 0.3 is 0 Å². The maximum atomic E-state index is 13.9. The molecule has 0 N–H and O–H groups in total. The molecule has 1 aromatic heterocycles. The van der Waals surface area contributed by atoms with E-state index in [9.17, 15) is 9.59 Å². The second-order valence-electron chi connectivity index (χ2n) is 13.9. The number of carbonyl (C=O) groups is 2. The zero-order chi connectivity index (χ0) is 31.0. The molecule has 5 fully saturated rings. The van der Waals surface area contributed by atoms with Crippen LogP contribution in [0.2, 0.25) is 0 Å². The lowest BCUT2D eigenvalue weighted by atomic mass is 9.49. The molecule has 4 bridgehead atoms. The molecule has 2 aromatic carbocycles. The lowest BCUT2D eigenvalue weighted by Crippen LogP contribution is -2.61. The van der Waals surface area contributed by atoms with Crippen molar-refractivity contribution in [2.75, 3.05) is 32.5 Å². The van der Waals surface area contributed by atoms with Crippen LogP contribution in [-0.2, 0) is 9.59 Å². The van der Waals surface area contributed by atoms with Crippen LogP contribution in [-0.4, -0.2) is 74.9 Å². The van der Waals surface area contributed by atoms with Crippen LogP contribution in [0.4, 0.5) is 0 Å². The largest absolute Gasteiger partial charge is 0.497 e. The summed E-state index contributed by atoms with van der Waals surface area (Å²) in [5, 5.41) is 9.92. The zero-order valence-electron chi connectivity index (χ0n) is 26.6. The van der Waals surface area contributed by atoms with Crippen LogP contribution in [0.5, 0.6) is 5.75 Å². The van der Waals surface area contributed by atoms with E-state index >= 15 is 0 Å². The summed E-state index contributed by atoms with van der Waals surface area (Å²) >= 11 is 1.67. The van der Waals surface area contributed by atoms with Gasteiger partial charge in [0.05, 0.1) is 12.5 Å². The Morgan fingerprint density at radius 1 is 0.911 bits per heavy atom. The molecule has 2 amide bonds. The average Bonchev–Trinajstić information content (AvgIpc) is 3.48. The smallest absolute Gasteiger partial charge is 0.229 e. The van der Waals surface area contributed by atoms with Crippen molar-refractivity contribution < 1.29 is 14.3 Å². The lowest BCUT2D eigenvalue weighted by molar-refractivity contribution is -0.163. The van der Waals surface area contributed by atoms with E-state index in [2.05, 4.69) is 26.6 Å². The molecule has 0 spiro atoms. The van der Waals surface area contributed by atoms with E-state index in [0.29, 0.717) is 32.0 Å². The van der Waals surface area contributed by atoms with Crippen molar-refractivity contribution in [3.63, 3.8) is 0 Å². The van der Waals surface area contributed by atoms with E-state index in [1.165, 1.54) is 19.3 Å². The highest BCUT2D eigenvalue weighted by Gasteiger charge is 2.56. The predicted molar refractivity (Wildman–Crippen MR) is 176 cm³/mol. The molecule has 2 heterocycles. The molecule has 4 saturated carbocycles. The molecular formula is C36H45N5O3S. The number of carbonyl (C=O) groups excluding carboxylic acids is 2. The summed E-state index contributed by atoms with van der Waals surface area (Å²) < 4.78 is 7.45. The van der Waals surface area contributed by atoms with Crippen LogP contribution < -0.4 is 4.74 Å². The number of thioether (sulfide) groups is 1. The highest BCUT2D eigenvalue weighted by Crippen LogP contribution is 2.60. The fourth-order valence-electron chi connectivity index (χ4n) is 8.96. The van der Waals surface area contributed by atoms with Gasteiger partial charge in [-0.05, 0) is 100 Å². The monoisotopic (exact) mass is 627 g/mol. The fraction of sp³-hybridized carbons (Fsp3) is 0.556. The highest BCUT2D eigenvalue weighted by molar-refractivity contribution is 7.99. The topological polar surface area (TPSA) is 80.6 Å². The van der Waals surface area contributed by atoms with E-state index in [-0.39, 0.29) is 17.4 Å². The molecule has 4 aliphatic carbocycles. The quantitative estimate of drug-likeness (QED) is 0.189. The SMILES string of the molecule is COc1ccc(-n2c(SCCCCC(=O)N3CCN(C(=O)C45CC6CC(CC(C6)C4)C5)C(C)C3)nnc2-c2ccccc2)cc1. The number of amides is 2. The number of rotatable bonds is 10. The van der Waals surface area contributed by atoms with Crippen molar-refractivity contribution in [1.82, 2.24) is 24.6 Å². The Morgan fingerprint density at radius 3 is 2.24 bits per heavy atom. The van der Waals surface area contributed by atoms with Gasteiger partial charge in [0.15, 0.2) is 11.0 Å². The number of piperazine rings is 1. The minimum absolute atomic E-state index is 0.0851. The van der Waals surface area contributed by atoms with Gasteiger partial charge in [0.2, 0.25) is 11.8 Å². The molecule has 8 nitrogen and oxygen atoms in total. The fourth-order valence-corrected chi connectivity index (χ4v) is 9.92. The second-order valence-corrected chi connectivity index (χ2v) is 15.0. The molecule has 8 rings (SSSR count). The van der Waals surface area contributed by atoms with E-state index in [4.69, 9.17) is 4.74 Å². The summed E-state index contributed by atoms with van der Waals surface area (Å²) in [4.78, 5) is 31.3. The summed E-state index contributed by atoms with van der Waals surface area (Å²) in [5.74, 6) is 5.35. The van der Waals surface area contributed by atoms with E-state index in [1.807, 2.05) is 59.5 Å². The number of hydrogen-bond donors (Lipinski definition) is 0. The molecule has 1 unspecified atom stereocenters. The molecule has 0 radical (unpaired) electrons. The number of hydrogen-bond acceptors (Lipinski definition) is 6. The van der Waals surface area contributed by atoms with Gasteiger partial charge in [-0.1, -0.05) is 42.1 Å². The Hall–Kier alpha value is -3.33. The first-order valence-corrected chi connectivity index (χ1v) is 17.8. The van der Waals surface area contributed by atoms with Gasteiger partial charge in [0, 0.05) is 49.1 Å². The van der Waals surface area contributed by atoms with Crippen molar-refractivity contribution >= 4 is 23.6 Å². The van der Waals surface area contributed by atoms with Crippen molar-refractivity contribution in [2.45, 2.75) is 75.9 Å². The summed E-state index contributed by atoms with van der Waals surface area (Å²) in [6, 6.07) is 18.1. The van der Waals surface area contributed by atoms with Crippen molar-refractivity contribution in [1.29, 1.82) is 0 Å². The first-order valence-electron chi connectivity index (χ1n) is 16.8. The summed E-state index contributed by atoms with van der Waals surface area (Å²) in [7, 11) is 1.67. The van der Waals surface area contributed by atoms with Crippen LogP contribution in [0, 0.1) is 23.2 Å². The molecule has 45 heavy (non-hydrogen) atoms. The lowest BCUT2D eigenvalue weighted by Gasteiger charge is -2.57. The van der Waals surface area contributed by atoms with E-state index in [1.54, 1.807) is 18.9 Å². The van der Waals surface area contributed by atoms with E-state index < -0.39 is 0 Å². The van der Waals surface area contributed by atoms with Crippen molar-refractivity contribution in [2.24, 2.45) is 23.2 Å². The third kappa shape index (κ3) is 6.12. The Morgan fingerprint density at radius 2 is 1.60 bits per heavy atom. The molecule has 1 saturated heterocycles. The minimum Gasteiger partial charge on any atom is -0.497 e.